The third-order valence-corrected chi connectivity index (χ3v) is 7.79. The number of thioether (sulfide) groups is 1. The number of urea groups is 1. The van der Waals surface area contributed by atoms with Gasteiger partial charge in [0.2, 0.25) is 15.9 Å². The average Bonchev–Trinajstić information content (AvgIpc) is 2.64. The molecule has 1 aromatic carbocycles. The quantitative estimate of drug-likeness (QED) is 0.630. The van der Waals surface area contributed by atoms with Crippen LogP contribution in [0.15, 0.2) is 23.1 Å². The van der Waals surface area contributed by atoms with E-state index in [1.165, 1.54) is 21.3 Å². The Balaban J connectivity index is 2.08. The average molecular weight is 469 g/mol. The van der Waals surface area contributed by atoms with Crippen molar-refractivity contribution < 1.29 is 18.0 Å². The summed E-state index contributed by atoms with van der Waals surface area (Å²) >= 11 is 13.6. The minimum atomic E-state index is -3.89. The fourth-order valence-corrected chi connectivity index (χ4v) is 5.88. The molecular formula is C16H22Cl2N4O4S2. The van der Waals surface area contributed by atoms with Gasteiger partial charge in [0.25, 0.3) is 0 Å². The van der Waals surface area contributed by atoms with Crippen LogP contribution in [0.2, 0.25) is 10.0 Å². The lowest BCUT2D eigenvalue weighted by molar-refractivity contribution is -0.134. The zero-order chi connectivity index (χ0) is 20.9. The molecule has 1 aliphatic heterocycles. The van der Waals surface area contributed by atoms with E-state index in [1.807, 2.05) is 6.26 Å². The third-order valence-electron chi connectivity index (χ3n) is 4.29. The zero-order valence-corrected chi connectivity index (χ0v) is 18.4. The normalized spacial score (nSPS) is 16.6. The molecule has 0 radical (unpaired) electrons. The molecule has 2 rings (SSSR count). The van der Waals surface area contributed by atoms with E-state index in [-0.39, 0.29) is 47.0 Å². The Bertz CT molecular complexity index is 810. The number of rotatable bonds is 7. The summed E-state index contributed by atoms with van der Waals surface area (Å²) in [5.74, 6) is 0.399. The van der Waals surface area contributed by atoms with Gasteiger partial charge in [-0.15, -0.1) is 0 Å². The van der Waals surface area contributed by atoms with Crippen LogP contribution in [0.5, 0.6) is 0 Å². The SMILES string of the molecule is CSCCC(NC(N)=O)C(=O)N1CCN(S(=O)(=O)c2c(Cl)cccc2Cl)CC1. The predicted octanol–water partition coefficient (Wildman–Crippen LogP) is 1.62. The first-order chi connectivity index (χ1) is 13.2. The molecule has 1 aliphatic rings. The molecule has 0 spiro atoms. The van der Waals surface area contributed by atoms with Crippen molar-refractivity contribution in [1.82, 2.24) is 14.5 Å². The minimum Gasteiger partial charge on any atom is -0.352 e. The number of hydrogen-bond donors (Lipinski definition) is 2. The fourth-order valence-electron chi connectivity index (χ4n) is 2.89. The van der Waals surface area contributed by atoms with Crippen molar-refractivity contribution in [3.8, 4) is 0 Å². The van der Waals surface area contributed by atoms with Gasteiger partial charge in [0.05, 0.1) is 10.0 Å². The molecule has 1 unspecified atom stereocenters. The molecular weight excluding hydrogens is 447 g/mol. The van der Waals surface area contributed by atoms with E-state index >= 15 is 0 Å². The molecule has 1 heterocycles. The van der Waals surface area contributed by atoms with Gasteiger partial charge < -0.3 is 16.0 Å². The van der Waals surface area contributed by atoms with E-state index in [4.69, 9.17) is 28.9 Å². The maximum atomic E-state index is 12.9. The molecule has 28 heavy (non-hydrogen) atoms. The Hall–Kier alpha value is -1.20. The van der Waals surface area contributed by atoms with Gasteiger partial charge in [-0.3, -0.25) is 4.79 Å². The molecule has 156 valence electrons. The molecule has 0 aromatic heterocycles. The molecule has 3 amide bonds. The molecule has 3 N–H and O–H groups in total. The Labute approximate surface area is 178 Å². The number of piperazine rings is 1. The molecule has 1 atom stereocenters. The Morgan fingerprint density at radius 2 is 1.79 bits per heavy atom. The molecule has 1 aromatic rings. The van der Waals surface area contributed by atoms with Crippen LogP contribution in [0.25, 0.3) is 0 Å². The van der Waals surface area contributed by atoms with Crippen molar-refractivity contribution in [3.63, 3.8) is 0 Å². The molecule has 0 aliphatic carbocycles. The van der Waals surface area contributed by atoms with Crippen LogP contribution in [-0.2, 0) is 14.8 Å². The summed E-state index contributed by atoms with van der Waals surface area (Å²) in [6.07, 6.45) is 2.34. The highest BCUT2D eigenvalue weighted by Crippen LogP contribution is 2.31. The van der Waals surface area contributed by atoms with Crippen molar-refractivity contribution in [1.29, 1.82) is 0 Å². The number of benzene rings is 1. The Kier molecular flexibility index (Phi) is 8.26. The van der Waals surface area contributed by atoms with Gasteiger partial charge in [-0.05, 0) is 30.6 Å². The zero-order valence-electron chi connectivity index (χ0n) is 15.2. The number of nitrogens with zero attached hydrogens (tertiary/aromatic N) is 2. The first-order valence-corrected chi connectivity index (χ1v) is 12.0. The van der Waals surface area contributed by atoms with E-state index in [1.54, 1.807) is 17.8 Å². The van der Waals surface area contributed by atoms with E-state index in [9.17, 15) is 18.0 Å². The monoisotopic (exact) mass is 468 g/mol. The van der Waals surface area contributed by atoms with Gasteiger partial charge in [0, 0.05) is 26.2 Å². The second kappa shape index (κ2) is 10.0. The van der Waals surface area contributed by atoms with Crippen LogP contribution in [0, 0.1) is 0 Å². The number of primary amides is 1. The van der Waals surface area contributed by atoms with Crippen LogP contribution in [0.3, 0.4) is 0 Å². The summed E-state index contributed by atoms with van der Waals surface area (Å²) in [5, 5.41) is 2.56. The van der Waals surface area contributed by atoms with Crippen LogP contribution >= 0.6 is 35.0 Å². The van der Waals surface area contributed by atoms with Crippen LogP contribution in [-0.4, -0.2) is 73.8 Å². The number of sulfonamides is 1. The summed E-state index contributed by atoms with van der Waals surface area (Å²) in [5.41, 5.74) is 5.16. The van der Waals surface area contributed by atoms with E-state index in [0.29, 0.717) is 12.2 Å². The second-order valence-electron chi connectivity index (χ2n) is 6.12. The standard InChI is InChI=1S/C16H22Cl2N4O4S2/c1-27-10-5-13(20-16(19)24)15(23)21-6-8-22(9-7-21)28(25,26)14-11(17)3-2-4-12(14)18/h2-4,13H,5-10H2,1H3,(H3,19,20,24). The molecule has 0 saturated carbocycles. The van der Waals surface area contributed by atoms with Crippen LogP contribution < -0.4 is 11.1 Å². The van der Waals surface area contributed by atoms with Gasteiger partial charge in [-0.2, -0.15) is 16.1 Å². The first-order valence-electron chi connectivity index (χ1n) is 8.46. The van der Waals surface area contributed by atoms with E-state index in [0.717, 1.165) is 0 Å². The number of carbonyl (C=O) groups excluding carboxylic acids is 2. The lowest BCUT2D eigenvalue weighted by atomic mass is 10.2. The second-order valence-corrected chi connectivity index (χ2v) is 9.80. The fraction of sp³-hybridized carbons (Fsp3) is 0.500. The molecule has 1 fully saturated rings. The number of nitrogens with two attached hydrogens (primary N) is 1. The van der Waals surface area contributed by atoms with E-state index < -0.39 is 22.1 Å². The highest BCUT2D eigenvalue weighted by molar-refractivity contribution is 7.98. The molecule has 8 nitrogen and oxygen atoms in total. The topological polar surface area (TPSA) is 113 Å². The summed E-state index contributed by atoms with van der Waals surface area (Å²) in [7, 11) is -3.89. The highest BCUT2D eigenvalue weighted by Gasteiger charge is 2.34. The van der Waals surface area contributed by atoms with Gasteiger partial charge in [0.1, 0.15) is 10.9 Å². The van der Waals surface area contributed by atoms with Crippen molar-refractivity contribution >= 4 is 56.9 Å². The van der Waals surface area contributed by atoms with E-state index in [2.05, 4.69) is 5.32 Å². The summed E-state index contributed by atoms with van der Waals surface area (Å²) < 4.78 is 27.1. The molecule has 12 heteroatoms. The van der Waals surface area contributed by atoms with Crippen molar-refractivity contribution in [2.45, 2.75) is 17.4 Å². The smallest absolute Gasteiger partial charge is 0.312 e. The number of carbonyl (C=O) groups is 2. The lowest BCUT2D eigenvalue weighted by Crippen LogP contribution is -2.56. The summed E-state index contributed by atoms with van der Waals surface area (Å²) in [4.78, 5) is 25.3. The van der Waals surface area contributed by atoms with Gasteiger partial charge in [-0.25, -0.2) is 13.2 Å². The van der Waals surface area contributed by atoms with Crippen molar-refractivity contribution in [2.24, 2.45) is 5.73 Å². The molecule has 1 saturated heterocycles. The van der Waals surface area contributed by atoms with Crippen LogP contribution in [0.4, 0.5) is 4.79 Å². The van der Waals surface area contributed by atoms with Gasteiger partial charge in [0.15, 0.2) is 0 Å². The number of hydrogen-bond acceptors (Lipinski definition) is 5. The number of amides is 3. The summed E-state index contributed by atoms with van der Waals surface area (Å²) in [6.45, 7) is 0.579. The Morgan fingerprint density at radius 1 is 1.21 bits per heavy atom. The van der Waals surface area contributed by atoms with Gasteiger partial charge in [-0.1, -0.05) is 29.3 Å². The van der Waals surface area contributed by atoms with Crippen molar-refractivity contribution in [2.75, 3.05) is 38.2 Å². The number of nitrogens with one attached hydrogen (secondary N) is 1. The van der Waals surface area contributed by atoms with Crippen molar-refractivity contribution in [3.05, 3.63) is 28.2 Å². The summed E-state index contributed by atoms with van der Waals surface area (Å²) in [6, 6.07) is 3.00. The Morgan fingerprint density at radius 3 is 2.29 bits per heavy atom. The largest absolute Gasteiger partial charge is 0.352 e. The first kappa shape index (κ1) is 23.1. The molecule has 0 bridgehead atoms. The predicted molar refractivity (Wildman–Crippen MR) is 111 cm³/mol. The third kappa shape index (κ3) is 5.44. The number of halogens is 2. The van der Waals surface area contributed by atoms with Crippen LogP contribution in [0.1, 0.15) is 6.42 Å². The van der Waals surface area contributed by atoms with Gasteiger partial charge >= 0.3 is 6.03 Å². The highest BCUT2D eigenvalue weighted by atomic mass is 35.5. The lowest BCUT2D eigenvalue weighted by Gasteiger charge is -2.36. The maximum absolute atomic E-state index is 12.9. The maximum Gasteiger partial charge on any atom is 0.312 e. The minimum absolute atomic E-state index is 0.0498.